The lowest BCUT2D eigenvalue weighted by Gasteiger charge is -2.12. The van der Waals surface area contributed by atoms with E-state index in [4.69, 9.17) is 10.1 Å². The maximum atomic E-state index is 5.24. The Labute approximate surface area is 219 Å². The van der Waals surface area contributed by atoms with Crippen molar-refractivity contribution in [3.8, 4) is 16.8 Å². The first-order chi connectivity index (χ1) is 16.6. The summed E-state index contributed by atoms with van der Waals surface area (Å²) >= 11 is 8.97. The molecule has 0 amide bonds. The molecule has 1 aliphatic heterocycles. The van der Waals surface area contributed by atoms with Crippen molar-refractivity contribution in [1.29, 1.82) is 0 Å². The van der Waals surface area contributed by atoms with Gasteiger partial charge in [0.25, 0.3) is 0 Å². The molecular formula is C28H19Br2N3S. The maximum Gasteiger partial charge on any atom is 0.164 e. The van der Waals surface area contributed by atoms with Crippen LogP contribution in [0.25, 0.3) is 38.8 Å². The van der Waals surface area contributed by atoms with Crippen LogP contribution in [0.2, 0.25) is 0 Å². The highest BCUT2D eigenvalue weighted by molar-refractivity contribution is 9.10. The largest absolute Gasteiger partial charge is 0.227 e. The molecule has 0 saturated heterocycles. The number of para-hydroxylation sites is 1. The zero-order valence-electron chi connectivity index (χ0n) is 18.3. The number of hydrogen-bond donors (Lipinski definition) is 0. The minimum absolute atomic E-state index is 0.891. The fourth-order valence-corrected chi connectivity index (χ4v) is 6.06. The smallest absolute Gasteiger partial charge is 0.164 e. The van der Waals surface area contributed by atoms with Crippen LogP contribution in [0.3, 0.4) is 0 Å². The lowest BCUT2D eigenvalue weighted by Crippen LogP contribution is -2.00. The average Bonchev–Trinajstić information content (AvgIpc) is 3.41. The van der Waals surface area contributed by atoms with Gasteiger partial charge in [0.05, 0.1) is 22.5 Å². The van der Waals surface area contributed by atoms with Crippen LogP contribution in [0.5, 0.6) is 0 Å². The van der Waals surface area contributed by atoms with E-state index in [9.17, 15) is 0 Å². The van der Waals surface area contributed by atoms with Gasteiger partial charge in [-0.05, 0) is 66.1 Å². The summed E-state index contributed by atoms with van der Waals surface area (Å²) in [6, 6.07) is 27.2. The third kappa shape index (κ3) is 3.84. The molecule has 0 radical (unpaired) electrons. The monoisotopic (exact) mass is 587 g/mol. The molecule has 3 nitrogen and oxygen atoms in total. The van der Waals surface area contributed by atoms with Crippen molar-refractivity contribution in [2.45, 2.75) is 12.7 Å². The molecule has 166 valence electrons. The van der Waals surface area contributed by atoms with Gasteiger partial charge in [-0.2, -0.15) is 5.10 Å². The molecule has 0 spiro atoms. The second-order valence-corrected chi connectivity index (χ2v) is 11.0. The van der Waals surface area contributed by atoms with Crippen molar-refractivity contribution in [3.63, 3.8) is 0 Å². The predicted octanol–water partition coefficient (Wildman–Crippen LogP) is 8.67. The first-order valence-corrected chi connectivity index (χ1v) is 13.5. The Hall–Kier alpha value is -2.67. The number of pyridine rings is 1. The van der Waals surface area contributed by atoms with E-state index in [1.54, 1.807) is 0 Å². The molecule has 0 bridgehead atoms. The van der Waals surface area contributed by atoms with Crippen LogP contribution < -0.4 is 0 Å². The molecule has 2 aromatic heterocycles. The normalized spacial score (nSPS) is 14.1. The molecule has 0 atom stereocenters. The molecule has 3 heterocycles. The average molecular weight is 589 g/mol. The van der Waals surface area contributed by atoms with Crippen LogP contribution in [0, 0.1) is 6.92 Å². The van der Waals surface area contributed by atoms with Gasteiger partial charge in [0, 0.05) is 25.2 Å². The number of rotatable bonds is 3. The Balaban J connectivity index is 1.65. The van der Waals surface area contributed by atoms with Gasteiger partial charge in [-0.1, -0.05) is 74.3 Å². The summed E-state index contributed by atoms with van der Waals surface area (Å²) < 4.78 is 4.13. The highest BCUT2D eigenvalue weighted by atomic mass is 79.9. The lowest BCUT2D eigenvalue weighted by atomic mass is 9.95. The number of fused-ring (bicyclic) bond motifs is 2. The van der Waals surface area contributed by atoms with Gasteiger partial charge in [-0.15, -0.1) is 11.8 Å². The molecule has 0 N–H and O–H groups in total. The molecule has 0 fully saturated rings. The number of halogens is 2. The van der Waals surface area contributed by atoms with E-state index >= 15 is 0 Å². The third-order valence-electron chi connectivity index (χ3n) is 6.00. The van der Waals surface area contributed by atoms with Crippen LogP contribution >= 0.6 is 43.6 Å². The van der Waals surface area contributed by atoms with Crippen LogP contribution in [0.15, 0.2) is 87.8 Å². The van der Waals surface area contributed by atoms with Gasteiger partial charge in [0.1, 0.15) is 0 Å². The summed E-state index contributed by atoms with van der Waals surface area (Å²) in [5.74, 6) is 0.891. The molecule has 0 unspecified atom stereocenters. The van der Waals surface area contributed by atoms with E-state index in [0.29, 0.717) is 0 Å². The fraction of sp³-hybridized carbons (Fsp3) is 0.0714. The topological polar surface area (TPSA) is 30.7 Å². The quantitative estimate of drug-likeness (QED) is 0.211. The number of aryl methyl sites for hydroxylation is 1. The minimum atomic E-state index is 0.891. The van der Waals surface area contributed by atoms with Gasteiger partial charge < -0.3 is 0 Å². The Morgan fingerprint density at radius 2 is 1.56 bits per heavy atom. The van der Waals surface area contributed by atoms with Crippen LogP contribution in [0.1, 0.15) is 22.5 Å². The molecule has 0 saturated carbocycles. The standard InChI is InChI=1S/C28H19Br2N3S/c1-17-25-26(19-9-13-21(30)14-10-19)23-16-34-24(15-18-7-11-20(29)12-8-18)27(23)31-28(25)33(32-17)22-5-3-2-4-6-22/h2-15H,16H2,1H3/b24-15-. The first-order valence-electron chi connectivity index (χ1n) is 10.9. The molecule has 5 aromatic rings. The van der Waals surface area contributed by atoms with Gasteiger partial charge >= 0.3 is 0 Å². The molecule has 0 aliphatic carbocycles. The van der Waals surface area contributed by atoms with E-state index in [2.05, 4.69) is 106 Å². The molecule has 6 rings (SSSR count). The zero-order chi connectivity index (χ0) is 23.2. The lowest BCUT2D eigenvalue weighted by molar-refractivity contribution is 0.877. The Morgan fingerprint density at radius 3 is 2.26 bits per heavy atom. The van der Waals surface area contributed by atoms with Crippen molar-refractivity contribution in [1.82, 2.24) is 14.8 Å². The van der Waals surface area contributed by atoms with Gasteiger partial charge in [0.2, 0.25) is 0 Å². The molecule has 6 heteroatoms. The number of nitrogens with zero attached hydrogens (tertiary/aromatic N) is 3. The van der Waals surface area contributed by atoms with Gasteiger partial charge in [-0.3, -0.25) is 0 Å². The summed E-state index contributed by atoms with van der Waals surface area (Å²) in [5, 5.41) is 6.06. The number of benzene rings is 3. The van der Waals surface area contributed by atoms with E-state index in [0.717, 1.165) is 42.8 Å². The maximum absolute atomic E-state index is 5.24. The minimum Gasteiger partial charge on any atom is -0.227 e. The number of thioether (sulfide) groups is 1. The van der Waals surface area contributed by atoms with E-state index in [1.165, 1.54) is 27.2 Å². The summed E-state index contributed by atoms with van der Waals surface area (Å²) in [6.07, 6.45) is 2.24. The fourth-order valence-electron chi connectivity index (χ4n) is 4.42. The third-order valence-corrected chi connectivity index (χ3v) is 8.11. The van der Waals surface area contributed by atoms with Crippen molar-refractivity contribution in [2.75, 3.05) is 0 Å². The highest BCUT2D eigenvalue weighted by Gasteiger charge is 2.28. The molecular weight excluding hydrogens is 570 g/mol. The van der Waals surface area contributed by atoms with Crippen molar-refractivity contribution >= 4 is 65.6 Å². The van der Waals surface area contributed by atoms with E-state index in [1.807, 2.05) is 34.6 Å². The van der Waals surface area contributed by atoms with Crippen molar-refractivity contribution < 1.29 is 0 Å². The predicted molar refractivity (Wildman–Crippen MR) is 150 cm³/mol. The zero-order valence-corrected chi connectivity index (χ0v) is 22.3. The van der Waals surface area contributed by atoms with E-state index < -0.39 is 0 Å². The molecule has 3 aromatic carbocycles. The second-order valence-electron chi connectivity index (χ2n) is 8.20. The molecule has 1 aliphatic rings. The van der Waals surface area contributed by atoms with Gasteiger partial charge in [0.15, 0.2) is 5.65 Å². The summed E-state index contributed by atoms with van der Waals surface area (Å²) in [4.78, 5) is 6.44. The summed E-state index contributed by atoms with van der Waals surface area (Å²) in [6.45, 7) is 2.08. The second kappa shape index (κ2) is 8.84. The van der Waals surface area contributed by atoms with Crippen molar-refractivity contribution in [2.24, 2.45) is 0 Å². The van der Waals surface area contributed by atoms with E-state index in [-0.39, 0.29) is 0 Å². The first kappa shape index (κ1) is 21.8. The summed E-state index contributed by atoms with van der Waals surface area (Å²) in [5.41, 5.74) is 8.81. The SMILES string of the molecule is Cc1nn(-c2ccccc2)c2nc3c(c(-c4ccc(Br)cc4)c12)CS/C3=C\c1ccc(Br)cc1. The number of hydrogen-bond acceptors (Lipinski definition) is 3. The van der Waals surface area contributed by atoms with Crippen LogP contribution in [0.4, 0.5) is 0 Å². The van der Waals surface area contributed by atoms with Crippen molar-refractivity contribution in [3.05, 3.63) is 110 Å². The Kier molecular flexibility index (Phi) is 5.68. The Morgan fingerprint density at radius 1 is 0.882 bits per heavy atom. The molecule has 34 heavy (non-hydrogen) atoms. The summed E-state index contributed by atoms with van der Waals surface area (Å²) in [7, 11) is 0. The highest BCUT2D eigenvalue weighted by Crippen LogP contribution is 2.48. The van der Waals surface area contributed by atoms with Gasteiger partial charge in [-0.25, -0.2) is 9.67 Å². The van der Waals surface area contributed by atoms with Crippen LogP contribution in [-0.2, 0) is 5.75 Å². The number of aromatic nitrogens is 3. The Bertz CT molecular complexity index is 1550. The van der Waals surface area contributed by atoms with Crippen LogP contribution in [-0.4, -0.2) is 14.8 Å².